The Kier molecular flexibility index (Phi) is 10.7. The minimum Gasteiger partial charge on any atom is -0.744 e. The molecule has 0 amide bonds. The van der Waals surface area contributed by atoms with Crippen LogP contribution in [0.1, 0.15) is 37.8 Å². The number of aryl methyl sites for hydroxylation is 2. The smallest absolute Gasteiger partial charge is 0.744 e. The third-order valence-electron chi connectivity index (χ3n) is 5.46. The third kappa shape index (κ3) is 7.73. The molecule has 0 aliphatic carbocycles. The van der Waals surface area contributed by atoms with E-state index in [2.05, 4.69) is 0 Å². The van der Waals surface area contributed by atoms with Crippen molar-refractivity contribution >= 4 is 79.5 Å². The first-order valence-corrected chi connectivity index (χ1v) is 13.8. The van der Waals surface area contributed by atoms with Gasteiger partial charge in [0.2, 0.25) is 0 Å². The molecule has 4 aromatic carbocycles. The van der Waals surface area contributed by atoms with Crippen molar-refractivity contribution in [2.45, 2.75) is 49.3 Å². The molecule has 180 valence electrons. The van der Waals surface area contributed by atoms with E-state index in [4.69, 9.17) is 0 Å². The van der Waals surface area contributed by atoms with Crippen molar-refractivity contribution in [1.82, 2.24) is 0 Å². The van der Waals surface area contributed by atoms with E-state index in [1.807, 2.05) is 62.4 Å². The maximum absolute atomic E-state index is 11.1. The van der Waals surface area contributed by atoms with Crippen LogP contribution in [-0.2, 0) is 33.1 Å². The maximum Gasteiger partial charge on any atom is 2.00 e. The zero-order valence-electron chi connectivity index (χ0n) is 19.7. The second kappa shape index (κ2) is 12.6. The first-order valence-electron chi connectivity index (χ1n) is 11.0. The van der Waals surface area contributed by atoms with Gasteiger partial charge in [0, 0.05) is 0 Å². The largest absolute Gasteiger partial charge is 2.00 e. The molecular weight excluding hydrogens is 512 g/mol. The molecule has 0 atom stereocenters. The van der Waals surface area contributed by atoms with Gasteiger partial charge < -0.3 is 9.11 Å². The van der Waals surface area contributed by atoms with Crippen LogP contribution in [0.3, 0.4) is 0 Å². The summed E-state index contributed by atoms with van der Waals surface area (Å²) in [5.41, 5.74) is 1.83. The van der Waals surface area contributed by atoms with Crippen molar-refractivity contribution in [3.05, 3.63) is 83.9 Å². The van der Waals surface area contributed by atoms with Crippen molar-refractivity contribution in [1.29, 1.82) is 0 Å². The molecule has 0 aliphatic heterocycles. The van der Waals surface area contributed by atoms with E-state index in [9.17, 15) is 25.9 Å². The Morgan fingerprint density at radius 2 is 0.943 bits per heavy atom. The second-order valence-electron chi connectivity index (χ2n) is 8.02. The molecule has 6 nitrogen and oxygen atoms in total. The van der Waals surface area contributed by atoms with E-state index in [0.29, 0.717) is 0 Å². The Balaban J connectivity index is 0.000000240. The quantitative estimate of drug-likeness (QED) is 0.252. The molecule has 0 bridgehead atoms. The predicted octanol–water partition coefficient (Wildman–Crippen LogP) is 5.01. The summed E-state index contributed by atoms with van der Waals surface area (Å²) in [6.07, 6.45) is 3.35. The number of hydrogen-bond acceptors (Lipinski definition) is 6. The van der Waals surface area contributed by atoms with Crippen LogP contribution in [0, 0.1) is 0 Å². The van der Waals surface area contributed by atoms with Gasteiger partial charge in [-0.3, -0.25) is 0 Å². The molecule has 35 heavy (non-hydrogen) atoms. The molecular formula is C26H26CaO6S2. The Morgan fingerprint density at radius 1 is 0.600 bits per heavy atom. The molecule has 0 N–H and O–H groups in total. The number of benzene rings is 4. The second-order valence-corrected chi connectivity index (χ2v) is 10.8. The molecule has 0 aromatic heterocycles. The van der Waals surface area contributed by atoms with E-state index >= 15 is 0 Å². The molecule has 0 saturated heterocycles. The van der Waals surface area contributed by atoms with Gasteiger partial charge in [-0.1, -0.05) is 75.2 Å². The fraction of sp³-hybridized carbons (Fsp3) is 0.231. The Labute approximate surface area is 236 Å². The predicted molar refractivity (Wildman–Crippen MR) is 138 cm³/mol. The van der Waals surface area contributed by atoms with Crippen LogP contribution < -0.4 is 0 Å². The van der Waals surface area contributed by atoms with Crippen molar-refractivity contribution in [2.24, 2.45) is 0 Å². The van der Waals surface area contributed by atoms with Gasteiger partial charge in [0.25, 0.3) is 0 Å². The number of rotatable bonds is 6. The summed E-state index contributed by atoms with van der Waals surface area (Å²) in [5, 5.41) is 3.63. The van der Waals surface area contributed by atoms with Crippen molar-refractivity contribution in [3.8, 4) is 0 Å². The van der Waals surface area contributed by atoms with Gasteiger partial charge in [-0.25, -0.2) is 16.8 Å². The Hall–Kier alpha value is -1.52. The molecule has 0 heterocycles. The Bertz CT molecular complexity index is 1410. The van der Waals surface area contributed by atoms with Gasteiger partial charge >= 0.3 is 37.7 Å². The summed E-state index contributed by atoms with van der Waals surface area (Å²) in [5.74, 6) is 0. The summed E-state index contributed by atoms with van der Waals surface area (Å²) in [4.78, 5) is -0.278. The summed E-state index contributed by atoms with van der Waals surface area (Å²) >= 11 is 0. The molecule has 0 aliphatic rings. The van der Waals surface area contributed by atoms with Gasteiger partial charge in [0.1, 0.15) is 20.2 Å². The molecule has 4 aromatic rings. The topological polar surface area (TPSA) is 114 Å². The zero-order valence-corrected chi connectivity index (χ0v) is 23.6. The van der Waals surface area contributed by atoms with Gasteiger partial charge in [-0.05, 0) is 69.8 Å². The van der Waals surface area contributed by atoms with Crippen molar-refractivity contribution in [3.63, 3.8) is 0 Å². The summed E-state index contributed by atoms with van der Waals surface area (Å²) in [7, 11) is -8.77. The maximum atomic E-state index is 11.1. The molecule has 0 fully saturated rings. The average molecular weight is 539 g/mol. The molecule has 0 radical (unpaired) electrons. The number of hydrogen-bond donors (Lipinski definition) is 0. The van der Waals surface area contributed by atoms with Crippen molar-refractivity contribution < 1.29 is 25.9 Å². The fourth-order valence-electron chi connectivity index (χ4n) is 3.96. The van der Waals surface area contributed by atoms with E-state index in [-0.39, 0.29) is 47.5 Å². The summed E-state index contributed by atoms with van der Waals surface area (Å²) in [6, 6.07) is 20.9. The molecule has 0 unspecified atom stereocenters. The van der Waals surface area contributed by atoms with Crippen LogP contribution in [0.5, 0.6) is 0 Å². The van der Waals surface area contributed by atoms with Gasteiger partial charge in [0.05, 0.1) is 9.79 Å². The van der Waals surface area contributed by atoms with Crippen LogP contribution in [0.25, 0.3) is 21.5 Å². The minimum absolute atomic E-state index is 0. The summed E-state index contributed by atoms with van der Waals surface area (Å²) in [6.45, 7) is 4.04. The molecule has 0 saturated carbocycles. The van der Waals surface area contributed by atoms with Crippen molar-refractivity contribution in [2.75, 3.05) is 0 Å². The van der Waals surface area contributed by atoms with E-state index in [1.165, 1.54) is 24.3 Å². The standard InChI is InChI=1S/2C13H14O3S.Ca/c2*1-2-5-10-8-12(17(14,15)16)9-11-6-3-4-7-13(10)11;/h2*3-4,6-9H,2,5H2,1H3,(H,14,15,16);/q;;+2/p-2. The fourth-order valence-corrected chi connectivity index (χ4v) is 5.08. The van der Waals surface area contributed by atoms with Crippen LogP contribution in [0.2, 0.25) is 0 Å². The van der Waals surface area contributed by atoms with Gasteiger partial charge in [-0.2, -0.15) is 0 Å². The van der Waals surface area contributed by atoms with E-state index in [0.717, 1.165) is 58.4 Å². The molecule has 0 spiro atoms. The Morgan fingerprint density at radius 3 is 1.26 bits per heavy atom. The van der Waals surface area contributed by atoms with E-state index < -0.39 is 20.2 Å². The zero-order chi connectivity index (χ0) is 24.9. The SMILES string of the molecule is CCCc1cc(S(=O)(=O)[O-])cc2ccccc12.CCCc1cc(S(=O)(=O)[O-])cc2ccccc12.[Ca+2]. The average Bonchev–Trinajstić information content (AvgIpc) is 2.78. The number of fused-ring (bicyclic) bond motifs is 2. The monoisotopic (exact) mass is 538 g/mol. The summed E-state index contributed by atoms with van der Waals surface area (Å²) < 4.78 is 66.5. The first-order chi connectivity index (χ1) is 16.0. The van der Waals surface area contributed by atoms with Crippen LogP contribution in [0.4, 0.5) is 0 Å². The molecule has 4 rings (SSSR count). The van der Waals surface area contributed by atoms with Gasteiger partial charge in [0.15, 0.2) is 0 Å². The van der Waals surface area contributed by atoms with Crippen LogP contribution in [-0.4, -0.2) is 63.7 Å². The minimum atomic E-state index is -4.39. The van der Waals surface area contributed by atoms with E-state index in [1.54, 1.807) is 0 Å². The first kappa shape index (κ1) is 29.7. The molecule has 9 heteroatoms. The van der Waals surface area contributed by atoms with Crippen LogP contribution in [0.15, 0.2) is 82.6 Å². The normalized spacial score (nSPS) is 11.5. The third-order valence-corrected chi connectivity index (χ3v) is 7.08. The van der Waals surface area contributed by atoms with Gasteiger partial charge in [-0.15, -0.1) is 0 Å². The van der Waals surface area contributed by atoms with Crippen LogP contribution >= 0.6 is 0 Å².